The summed E-state index contributed by atoms with van der Waals surface area (Å²) in [5.41, 5.74) is 6.05. The fourth-order valence-electron chi connectivity index (χ4n) is 4.50. The van der Waals surface area contributed by atoms with Crippen LogP contribution < -0.4 is 9.47 Å². The predicted octanol–water partition coefficient (Wildman–Crippen LogP) is 5.26. The number of benzene rings is 3. The largest absolute Gasteiger partial charge is 0.493 e. The minimum absolute atomic E-state index is 0.175. The van der Waals surface area contributed by atoms with Gasteiger partial charge in [-0.1, -0.05) is 36.4 Å². The molecule has 0 bridgehead atoms. The highest BCUT2D eigenvalue weighted by molar-refractivity contribution is 5.74. The van der Waals surface area contributed by atoms with E-state index >= 15 is 0 Å². The van der Waals surface area contributed by atoms with Gasteiger partial charge in [-0.25, -0.2) is 0 Å². The Labute approximate surface area is 202 Å². The maximum Gasteiger partial charge on any atom is 0.123 e. The number of hydrogen-bond donors (Lipinski definition) is 1. The number of nitriles is 1. The average Bonchev–Trinajstić information content (AvgIpc) is 3.27. The van der Waals surface area contributed by atoms with Crippen LogP contribution in [-0.2, 0) is 6.61 Å². The van der Waals surface area contributed by atoms with Crippen molar-refractivity contribution in [1.82, 2.24) is 4.90 Å². The van der Waals surface area contributed by atoms with Gasteiger partial charge in [-0.05, 0) is 78.8 Å². The van der Waals surface area contributed by atoms with Crippen LogP contribution in [0.25, 0.3) is 11.1 Å². The monoisotopic (exact) mass is 456 g/mol. The molecule has 1 heterocycles. The van der Waals surface area contributed by atoms with Crippen molar-refractivity contribution in [2.45, 2.75) is 39.4 Å². The first-order valence-electron chi connectivity index (χ1n) is 11.9. The van der Waals surface area contributed by atoms with Crippen LogP contribution in [-0.4, -0.2) is 42.4 Å². The maximum atomic E-state index is 9.67. The fourth-order valence-corrected chi connectivity index (χ4v) is 4.50. The third kappa shape index (κ3) is 5.77. The summed E-state index contributed by atoms with van der Waals surface area (Å²) >= 11 is 0. The minimum atomic E-state index is -0.175. The summed E-state index contributed by atoms with van der Waals surface area (Å²) < 4.78 is 12.3. The van der Waals surface area contributed by atoms with Crippen LogP contribution in [0.5, 0.6) is 11.5 Å². The Balaban J connectivity index is 1.42. The molecule has 176 valence electrons. The second kappa shape index (κ2) is 11.2. The molecule has 1 aliphatic rings. The van der Waals surface area contributed by atoms with Crippen molar-refractivity contribution in [3.05, 3.63) is 82.9 Å². The third-order valence-corrected chi connectivity index (χ3v) is 6.43. The second-order valence-corrected chi connectivity index (χ2v) is 8.90. The van der Waals surface area contributed by atoms with Gasteiger partial charge in [-0.3, -0.25) is 0 Å². The van der Waals surface area contributed by atoms with Gasteiger partial charge in [0.05, 0.1) is 24.3 Å². The van der Waals surface area contributed by atoms with E-state index in [9.17, 15) is 5.11 Å². The third-order valence-electron chi connectivity index (χ3n) is 6.43. The number of β-amino-alcohol motifs (C(OH)–C–C–N with tert-alkyl or cyclic N) is 1. The predicted molar refractivity (Wildman–Crippen MR) is 134 cm³/mol. The van der Waals surface area contributed by atoms with Crippen molar-refractivity contribution < 1.29 is 14.6 Å². The molecular weight excluding hydrogens is 424 g/mol. The van der Waals surface area contributed by atoms with Gasteiger partial charge in [0, 0.05) is 19.6 Å². The average molecular weight is 457 g/mol. The molecule has 3 aromatic carbocycles. The molecule has 1 N–H and O–H groups in total. The molecule has 0 radical (unpaired) electrons. The Bertz CT molecular complexity index is 1170. The van der Waals surface area contributed by atoms with Gasteiger partial charge in [0.15, 0.2) is 0 Å². The lowest BCUT2D eigenvalue weighted by atomic mass is 9.95. The van der Waals surface area contributed by atoms with Gasteiger partial charge in [0.25, 0.3) is 0 Å². The number of aliphatic hydroxyl groups excluding tert-OH is 1. The maximum absolute atomic E-state index is 9.67. The zero-order chi connectivity index (χ0) is 23.9. The number of likely N-dealkylation sites (tertiary alicyclic amines) is 1. The molecular formula is C29H32N2O3. The van der Waals surface area contributed by atoms with E-state index in [0.29, 0.717) is 18.8 Å². The van der Waals surface area contributed by atoms with Gasteiger partial charge >= 0.3 is 0 Å². The lowest BCUT2D eigenvalue weighted by Gasteiger charge is -2.18. The minimum Gasteiger partial charge on any atom is -0.493 e. The van der Waals surface area contributed by atoms with E-state index in [0.717, 1.165) is 71.8 Å². The number of nitrogens with zero attached hydrogens (tertiary/aromatic N) is 2. The molecule has 0 saturated carbocycles. The molecule has 1 unspecified atom stereocenters. The second-order valence-electron chi connectivity index (χ2n) is 8.90. The van der Waals surface area contributed by atoms with Gasteiger partial charge in [-0.2, -0.15) is 5.26 Å². The van der Waals surface area contributed by atoms with Crippen molar-refractivity contribution in [2.24, 2.45) is 0 Å². The Morgan fingerprint density at radius 2 is 1.65 bits per heavy atom. The van der Waals surface area contributed by atoms with Crippen LogP contribution in [0, 0.1) is 25.2 Å². The van der Waals surface area contributed by atoms with Gasteiger partial charge in [0.1, 0.15) is 18.1 Å². The molecule has 0 aliphatic carbocycles. The molecule has 3 aromatic rings. The molecule has 1 aliphatic heterocycles. The van der Waals surface area contributed by atoms with Crippen molar-refractivity contribution >= 4 is 0 Å². The summed E-state index contributed by atoms with van der Waals surface area (Å²) in [6.45, 7) is 7.94. The van der Waals surface area contributed by atoms with E-state index in [1.54, 1.807) is 6.07 Å². The summed E-state index contributed by atoms with van der Waals surface area (Å²) in [4.78, 5) is 2.29. The molecule has 34 heavy (non-hydrogen) atoms. The number of rotatable bonds is 9. The summed E-state index contributed by atoms with van der Waals surface area (Å²) in [6, 6.07) is 22.0. The number of aliphatic hydroxyl groups is 1. The van der Waals surface area contributed by atoms with E-state index in [2.05, 4.69) is 36.9 Å². The van der Waals surface area contributed by atoms with Crippen LogP contribution in [0.4, 0.5) is 0 Å². The number of ether oxygens (including phenoxy) is 2. The summed E-state index contributed by atoms with van der Waals surface area (Å²) in [5.74, 6) is 1.73. The van der Waals surface area contributed by atoms with Crippen LogP contribution in [0.3, 0.4) is 0 Å². The zero-order valence-electron chi connectivity index (χ0n) is 20.0. The van der Waals surface area contributed by atoms with Gasteiger partial charge in [-0.15, -0.1) is 0 Å². The molecule has 1 atom stereocenters. The summed E-state index contributed by atoms with van der Waals surface area (Å²) in [5, 5.41) is 18.8. The van der Waals surface area contributed by atoms with Gasteiger partial charge in [0.2, 0.25) is 0 Å². The lowest BCUT2D eigenvalue weighted by Crippen LogP contribution is -2.24. The van der Waals surface area contributed by atoms with Crippen LogP contribution in [0.1, 0.15) is 35.1 Å². The normalized spacial score (nSPS) is 15.8. The van der Waals surface area contributed by atoms with E-state index < -0.39 is 0 Å². The first-order chi connectivity index (χ1) is 16.5. The van der Waals surface area contributed by atoms with Crippen LogP contribution >= 0.6 is 0 Å². The highest BCUT2D eigenvalue weighted by Gasteiger charge is 2.19. The Morgan fingerprint density at radius 3 is 2.29 bits per heavy atom. The van der Waals surface area contributed by atoms with E-state index in [-0.39, 0.29) is 6.10 Å². The van der Waals surface area contributed by atoms with Crippen molar-refractivity contribution in [3.63, 3.8) is 0 Å². The van der Waals surface area contributed by atoms with E-state index in [1.807, 2.05) is 42.5 Å². The fraction of sp³-hybridized carbons (Fsp3) is 0.345. The van der Waals surface area contributed by atoms with Crippen LogP contribution in [0.2, 0.25) is 0 Å². The zero-order valence-corrected chi connectivity index (χ0v) is 20.0. The first kappa shape index (κ1) is 23.8. The molecule has 1 fully saturated rings. The SMILES string of the molecule is Cc1c(OCCCN2CCC(O)C2)cccc1-c1cccc(OCc2cccc(C#N)c2)c1C. The Hall–Kier alpha value is -3.33. The lowest BCUT2D eigenvalue weighted by molar-refractivity contribution is 0.173. The van der Waals surface area contributed by atoms with E-state index in [1.165, 1.54) is 0 Å². The molecule has 1 saturated heterocycles. The molecule has 0 amide bonds. The summed E-state index contributed by atoms with van der Waals surface area (Å²) in [6.07, 6.45) is 1.63. The topological polar surface area (TPSA) is 65.7 Å². The number of hydrogen-bond acceptors (Lipinski definition) is 5. The molecule has 0 spiro atoms. The Morgan fingerprint density at radius 1 is 0.971 bits per heavy atom. The highest BCUT2D eigenvalue weighted by atomic mass is 16.5. The van der Waals surface area contributed by atoms with Crippen LogP contribution in [0.15, 0.2) is 60.7 Å². The molecule has 4 rings (SSSR count). The Kier molecular flexibility index (Phi) is 7.84. The quantitative estimate of drug-likeness (QED) is 0.445. The molecule has 5 nitrogen and oxygen atoms in total. The van der Waals surface area contributed by atoms with Crippen molar-refractivity contribution in [2.75, 3.05) is 26.2 Å². The standard InChI is InChI=1S/C29H32N2O3/c1-21-26(9-4-11-28(21)33-16-6-14-31-15-13-25(32)19-31)27-10-5-12-29(22(27)2)34-20-24-8-3-7-23(17-24)18-30/h3-5,7-12,17,25,32H,6,13-16,19-20H2,1-2H3. The molecule has 5 heteroatoms. The smallest absolute Gasteiger partial charge is 0.123 e. The first-order valence-corrected chi connectivity index (χ1v) is 11.9. The van der Waals surface area contributed by atoms with Gasteiger partial charge < -0.3 is 19.5 Å². The summed E-state index contributed by atoms with van der Waals surface area (Å²) in [7, 11) is 0. The molecule has 0 aromatic heterocycles. The highest BCUT2D eigenvalue weighted by Crippen LogP contribution is 2.35. The van der Waals surface area contributed by atoms with Crippen molar-refractivity contribution in [1.29, 1.82) is 5.26 Å². The van der Waals surface area contributed by atoms with E-state index in [4.69, 9.17) is 14.7 Å². The van der Waals surface area contributed by atoms with Crippen molar-refractivity contribution in [3.8, 4) is 28.7 Å².